The van der Waals surface area contributed by atoms with E-state index in [9.17, 15) is 0 Å². The average Bonchev–Trinajstić information content (AvgIpc) is 3.26. The Bertz CT molecular complexity index is 1220. The van der Waals surface area contributed by atoms with Crippen LogP contribution in [0, 0.1) is 0 Å². The molecular formula is C50H92N10. The molecule has 2 aliphatic rings. The normalized spacial score (nSPS) is 18.0. The largest absolute Gasteiger partial charge is 0.314 e. The zero-order valence-corrected chi connectivity index (χ0v) is 38.8. The maximum Gasteiger partial charge on any atom is 0.0886 e. The zero-order chi connectivity index (χ0) is 41.8. The summed E-state index contributed by atoms with van der Waals surface area (Å²) in [6, 6.07) is 8.73. The number of rotatable bonds is 26. The predicted molar refractivity (Wildman–Crippen MR) is 257 cm³/mol. The van der Waals surface area contributed by atoms with E-state index < -0.39 is 0 Å². The summed E-state index contributed by atoms with van der Waals surface area (Å²) < 4.78 is 0. The van der Waals surface area contributed by atoms with Crippen molar-refractivity contribution < 1.29 is 0 Å². The van der Waals surface area contributed by atoms with Crippen molar-refractivity contribution in [2.24, 2.45) is 0 Å². The zero-order valence-electron chi connectivity index (χ0n) is 38.8. The second-order valence-corrected chi connectivity index (χ2v) is 18.0. The first-order valence-corrected chi connectivity index (χ1v) is 25.4. The fraction of sp³-hybridized carbons (Fsp3) is 0.800. The standard InChI is InChI=1S/C50H92N10/c1-2-3-4-5-6-7-8-9-10-11-12-13-14-15-16-17-18-19-20-21-36-58-37-30-54-34-41-60(42-35-55-31-38-58)46-48-23-25-50(57-44-48)49-24-22-47(43-56-49)45-59-39-32-52-28-26-51-27-29-53-33-40-59/h22-25,43-44,51-55H,2-21,26-42,45-46H2,1H3. The lowest BCUT2D eigenvalue weighted by Crippen LogP contribution is -2.43. The van der Waals surface area contributed by atoms with E-state index in [0.29, 0.717) is 0 Å². The molecule has 4 rings (SSSR count). The van der Waals surface area contributed by atoms with Crippen molar-refractivity contribution in [2.75, 3.05) is 111 Å². The number of nitrogens with one attached hydrogen (secondary N) is 5. The summed E-state index contributed by atoms with van der Waals surface area (Å²) in [7, 11) is 0. The summed E-state index contributed by atoms with van der Waals surface area (Å²) >= 11 is 0. The van der Waals surface area contributed by atoms with E-state index in [1.54, 1.807) is 0 Å². The number of hydrogen-bond acceptors (Lipinski definition) is 10. The van der Waals surface area contributed by atoms with Crippen LogP contribution in [0.4, 0.5) is 0 Å². The number of hydrogen-bond donors (Lipinski definition) is 5. The van der Waals surface area contributed by atoms with Gasteiger partial charge in [0.1, 0.15) is 0 Å². The van der Waals surface area contributed by atoms with Gasteiger partial charge >= 0.3 is 0 Å². The molecule has 2 aliphatic heterocycles. The molecule has 2 saturated heterocycles. The Hall–Kier alpha value is -2.02. The minimum Gasteiger partial charge on any atom is -0.314 e. The van der Waals surface area contributed by atoms with Gasteiger partial charge in [-0.1, -0.05) is 141 Å². The van der Waals surface area contributed by atoms with Crippen molar-refractivity contribution in [1.29, 1.82) is 0 Å². The lowest BCUT2D eigenvalue weighted by molar-refractivity contribution is 0.234. The van der Waals surface area contributed by atoms with Crippen LogP contribution < -0.4 is 26.6 Å². The quantitative estimate of drug-likeness (QED) is 0.0604. The van der Waals surface area contributed by atoms with Crippen LogP contribution in [0.15, 0.2) is 36.7 Å². The van der Waals surface area contributed by atoms with E-state index in [1.807, 2.05) is 12.4 Å². The van der Waals surface area contributed by atoms with Crippen molar-refractivity contribution in [1.82, 2.24) is 51.3 Å². The van der Waals surface area contributed by atoms with Gasteiger partial charge in [0, 0.05) is 130 Å². The van der Waals surface area contributed by atoms with Crippen molar-refractivity contribution >= 4 is 0 Å². The number of pyridine rings is 2. The molecule has 2 fully saturated rings. The van der Waals surface area contributed by atoms with Gasteiger partial charge in [-0.15, -0.1) is 0 Å². The van der Waals surface area contributed by atoms with Crippen molar-refractivity contribution in [3.8, 4) is 11.4 Å². The van der Waals surface area contributed by atoms with Crippen LogP contribution in [-0.4, -0.2) is 136 Å². The molecule has 0 bridgehead atoms. The molecule has 4 heterocycles. The van der Waals surface area contributed by atoms with E-state index in [4.69, 9.17) is 9.97 Å². The monoisotopic (exact) mass is 833 g/mol. The third-order valence-electron chi connectivity index (χ3n) is 12.6. The minimum absolute atomic E-state index is 0.915. The first-order valence-electron chi connectivity index (χ1n) is 25.4. The first kappa shape index (κ1) is 50.6. The molecule has 0 amide bonds. The van der Waals surface area contributed by atoms with Crippen LogP contribution in [0.5, 0.6) is 0 Å². The summed E-state index contributed by atoms with van der Waals surface area (Å²) in [5.74, 6) is 0. The van der Waals surface area contributed by atoms with E-state index in [-0.39, 0.29) is 0 Å². The lowest BCUT2D eigenvalue weighted by atomic mass is 10.0. The third-order valence-corrected chi connectivity index (χ3v) is 12.6. The molecule has 0 aliphatic carbocycles. The summed E-state index contributed by atoms with van der Waals surface area (Å²) in [4.78, 5) is 17.4. The minimum atomic E-state index is 0.915. The summed E-state index contributed by atoms with van der Waals surface area (Å²) in [6.07, 6.45) is 32.9. The molecule has 60 heavy (non-hydrogen) atoms. The lowest BCUT2D eigenvalue weighted by Gasteiger charge is -2.27. The Balaban J connectivity index is 1.00. The Morgan fingerprint density at radius 3 is 1.00 bits per heavy atom. The Morgan fingerprint density at radius 2 is 0.667 bits per heavy atom. The third kappa shape index (κ3) is 25.2. The van der Waals surface area contributed by atoms with E-state index in [2.05, 4.69) is 72.5 Å². The molecule has 5 N–H and O–H groups in total. The molecule has 0 unspecified atom stereocenters. The molecule has 10 nitrogen and oxygen atoms in total. The maximum atomic E-state index is 4.85. The Morgan fingerprint density at radius 1 is 0.367 bits per heavy atom. The van der Waals surface area contributed by atoms with E-state index in [0.717, 1.165) is 129 Å². The smallest absolute Gasteiger partial charge is 0.0886 e. The first-order chi connectivity index (χ1) is 29.8. The van der Waals surface area contributed by atoms with Crippen LogP contribution in [0.3, 0.4) is 0 Å². The highest BCUT2D eigenvalue weighted by molar-refractivity contribution is 5.54. The SMILES string of the molecule is CCCCCCCCCCCCCCCCCCCCCCN1CCNCCN(Cc2ccc(-c3ccc(CN4CCNCCNCCNCC4)cn3)nc2)CCNCC1. The molecular weight excluding hydrogens is 741 g/mol. The number of nitrogens with zero attached hydrogens (tertiary/aromatic N) is 5. The highest BCUT2D eigenvalue weighted by Gasteiger charge is 2.12. The molecule has 2 aromatic heterocycles. The second kappa shape index (κ2) is 35.4. The maximum absolute atomic E-state index is 4.85. The van der Waals surface area contributed by atoms with Crippen LogP contribution in [-0.2, 0) is 13.1 Å². The van der Waals surface area contributed by atoms with Crippen LogP contribution >= 0.6 is 0 Å². The highest BCUT2D eigenvalue weighted by Crippen LogP contribution is 2.18. The fourth-order valence-corrected chi connectivity index (χ4v) is 8.72. The molecule has 10 heteroatoms. The average molecular weight is 833 g/mol. The molecule has 0 radical (unpaired) electrons. The van der Waals surface area contributed by atoms with Gasteiger partial charge in [-0.3, -0.25) is 19.8 Å². The molecule has 0 aromatic carbocycles. The summed E-state index contributed by atoms with van der Waals surface area (Å²) in [6.45, 7) is 22.1. The predicted octanol–water partition coefficient (Wildman–Crippen LogP) is 7.85. The highest BCUT2D eigenvalue weighted by atomic mass is 15.2. The van der Waals surface area contributed by atoms with Gasteiger partial charge in [0.25, 0.3) is 0 Å². The second-order valence-electron chi connectivity index (χ2n) is 18.0. The Labute approximate surface area is 369 Å². The summed E-state index contributed by atoms with van der Waals surface area (Å²) in [5.41, 5.74) is 4.39. The van der Waals surface area contributed by atoms with Gasteiger partial charge in [-0.25, -0.2) is 0 Å². The van der Waals surface area contributed by atoms with Crippen molar-refractivity contribution in [3.63, 3.8) is 0 Å². The number of aromatic nitrogens is 2. The van der Waals surface area contributed by atoms with Crippen LogP contribution in [0.25, 0.3) is 11.4 Å². The summed E-state index contributed by atoms with van der Waals surface area (Å²) in [5, 5.41) is 18.1. The van der Waals surface area contributed by atoms with Gasteiger partial charge in [0.05, 0.1) is 11.4 Å². The molecule has 0 spiro atoms. The van der Waals surface area contributed by atoms with E-state index in [1.165, 1.54) is 146 Å². The van der Waals surface area contributed by atoms with Gasteiger partial charge in [-0.2, -0.15) is 0 Å². The van der Waals surface area contributed by atoms with Crippen LogP contribution in [0.1, 0.15) is 146 Å². The van der Waals surface area contributed by atoms with E-state index >= 15 is 0 Å². The topological polar surface area (TPSA) is 95.7 Å². The number of unbranched alkanes of at least 4 members (excludes halogenated alkanes) is 19. The fourth-order valence-electron chi connectivity index (χ4n) is 8.72. The van der Waals surface area contributed by atoms with Gasteiger partial charge in [0.2, 0.25) is 0 Å². The van der Waals surface area contributed by atoms with Crippen molar-refractivity contribution in [2.45, 2.75) is 148 Å². The molecule has 342 valence electrons. The molecule has 0 atom stereocenters. The Kier molecular flexibility index (Phi) is 29.9. The van der Waals surface area contributed by atoms with Crippen molar-refractivity contribution in [3.05, 3.63) is 47.8 Å². The van der Waals surface area contributed by atoms with Gasteiger partial charge < -0.3 is 31.5 Å². The van der Waals surface area contributed by atoms with Gasteiger partial charge in [0.15, 0.2) is 0 Å². The van der Waals surface area contributed by atoms with Crippen LogP contribution in [0.2, 0.25) is 0 Å². The molecule has 2 aromatic rings. The molecule has 0 saturated carbocycles. The van der Waals surface area contributed by atoms with Gasteiger partial charge in [-0.05, 0) is 36.2 Å².